The number of thiazole rings is 1. The maximum atomic E-state index is 12.4. The molecule has 3 aromatic rings. The van der Waals surface area contributed by atoms with Crippen LogP contribution in [0.25, 0.3) is 0 Å². The second-order valence-electron chi connectivity index (χ2n) is 6.54. The van der Waals surface area contributed by atoms with Crippen molar-refractivity contribution < 1.29 is 19.1 Å². The van der Waals surface area contributed by atoms with Crippen molar-refractivity contribution >= 4 is 28.3 Å². The molecule has 0 aliphatic carbocycles. The Labute approximate surface area is 171 Å². The molecule has 0 radical (unpaired) electrons. The number of nitrogens with one attached hydrogen (secondary N) is 2. The number of nitrogens with zero attached hydrogens (tertiary/aromatic N) is 1. The van der Waals surface area contributed by atoms with Gasteiger partial charge in [0.25, 0.3) is 5.91 Å². The quantitative estimate of drug-likeness (QED) is 0.650. The Morgan fingerprint density at radius 1 is 1.14 bits per heavy atom. The number of fused-ring (bicyclic) bond motifs is 1. The van der Waals surface area contributed by atoms with Gasteiger partial charge in [0.2, 0.25) is 12.7 Å². The van der Waals surface area contributed by atoms with Crippen molar-refractivity contribution in [1.82, 2.24) is 10.3 Å². The minimum Gasteiger partial charge on any atom is -0.454 e. The monoisotopic (exact) mass is 409 g/mol. The zero-order valence-electron chi connectivity index (χ0n) is 15.7. The summed E-state index contributed by atoms with van der Waals surface area (Å²) in [5.41, 5.74) is 2.09. The highest BCUT2D eigenvalue weighted by molar-refractivity contribution is 7.14. The molecule has 2 heterocycles. The molecule has 2 aromatic carbocycles. The summed E-state index contributed by atoms with van der Waals surface area (Å²) in [7, 11) is 0. The molecule has 0 bridgehead atoms. The van der Waals surface area contributed by atoms with Gasteiger partial charge in [0.05, 0.1) is 18.2 Å². The molecule has 148 valence electrons. The molecule has 0 fully saturated rings. The van der Waals surface area contributed by atoms with Gasteiger partial charge in [-0.15, -0.1) is 11.3 Å². The van der Waals surface area contributed by atoms with Gasteiger partial charge < -0.3 is 14.8 Å². The first-order chi connectivity index (χ1) is 14.1. The number of anilines is 1. The Morgan fingerprint density at radius 3 is 2.76 bits per heavy atom. The van der Waals surface area contributed by atoms with Gasteiger partial charge in [-0.25, -0.2) is 4.98 Å². The molecule has 0 unspecified atom stereocenters. The lowest BCUT2D eigenvalue weighted by molar-refractivity contribution is -0.121. The van der Waals surface area contributed by atoms with Gasteiger partial charge in [-0.2, -0.15) is 0 Å². The minimum atomic E-state index is -0.229. The van der Waals surface area contributed by atoms with Crippen LogP contribution in [0.2, 0.25) is 0 Å². The van der Waals surface area contributed by atoms with Crippen molar-refractivity contribution in [2.75, 3.05) is 12.1 Å². The van der Waals surface area contributed by atoms with Crippen LogP contribution >= 0.6 is 11.3 Å². The molecule has 1 aliphatic rings. The van der Waals surface area contributed by atoms with Gasteiger partial charge in [0.1, 0.15) is 0 Å². The van der Waals surface area contributed by atoms with Crippen molar-refractivity contribution in [2.45, 2.75) is 19.4 Å². The van der Waals surface area contributed by atoms with E-state index in [1.54, 1.807) is 29.6 Å². The highest BCUT2D eigenvalue weighted by Gasteiger charge is 2.17. The van der Waals surface area contributed by atoms with Crippen molar-refractivity contribution in [1.29, 1.82) is 0 Å². The summed E-state index contributed by atoms with van der Waals surface area (Å²) in [6, 6.07) is 14.3. The fourth-order valence-electron chi connectivity index (χ4n) is 2.93. The van der Waals surface area contributed by atoms with E-state index >= 15 is 0 Å². The molecular weight excluding hydrogens is 390 g/mol. The maximum absolute atomic E-state index is 12.4. The number of aromatic nitrogens is 1. The lowest BCUT2D eigenvalue weighted by atomic mass is 10.1. The predicted molar refractivity (Wildman–Crippen MR) is 109 cm³/mol. The van der Waals surface area contributed by atoms with Crippen LogP contribution in [0.3, 0.4) is 0 Å². The van der Waals surface area contributed by atoms with E-state index in [1.807, 2.05) is 31.2 Å². The van der Waals surface area contributed by atoms with Gasteiger partial charge in [-0.1, -0.05) is 24.3 Å². The van der Waals surface area contributed by atoms with E-state index in [0.29, 0.717) is 27.9 Å². The second-order valence-corrected chi connectivity index (χ2v) is 7.40. The highest BCUT2D eigenvalue weighted by Crippen LogP contribution is 2.34. The molecule has 2 amide bonds. The Hall–Kier alpha value is -3.39. The Kier molecular flexibility index (Phi) is 5.44. The number of carbonyl (C=O) groups excluding carboxylic acids is 2. The zero-order valence-corrected chi connectivity index (χ0v) is 16.5. The lowest BCUT2D eigenvalue weighted by Crippen LogP contribution is -2.28. The molecule has 4 rings (SSSR count). The van der Waals surface area contributed by atoms with Crippen LogP contribution in [0.4, 0.5) is 5.13 Å². The van der Waals surface area contributed by atoms with Crippen molar-refractivity contribution in [3.05, 3.63) is 70.7 Å². The van der Waals surface area contributed by atoms with Crippen LogP contribution in [0.5, 0.6) is 11.5 Å². The first-order valence-electron chi connectivity index (χ1n) is 9.08. The Morgan fingerprint density at radius 2 is 1.93 bits per heavy atom. The topological polar surface area (TPSA) is 89.6 Å². The molecule has 0 saturated heterocycles. The number of hydrogen-bond donors (Lipinski definition) is 2. The van der Waals surface area contributed by atoms with Gasteiger partial charge in [0.15, 0.2) is 16.6 Å². The minimum absolute atomic E-state index is 0.132. The van der Waals surface area contributed by atoms with Crippen LogP contribution in [-0.2, 0) is 11.2 Å². The lowest BCUT2D eigenvalue weighted by Gasteiger charge is -2.14. The van der Waals surface area contributed by atoms with Crippen LogP contribution in [-0.4, -0.2) is 23.6 Å². The summed E-state index contributed by atoms with van der Waals surface area (Å²) in [5.74, 6) is 1.01. The summed E-state index contributed by atoms with van der Waals surface area (Å²) in [4.78, 5) is 28.9. The molecule has 1 atom stereocenters. The smallest absolute Gasteiger partial charge is 0.257 e. The van der Waals surface area contributed by atoms with E-state index < -0.39 is 0 Å². The normalized spacial score (nSPS) is 13.0. The number of benzene rings is 2. The molecule has 8 heteroatoms. The van der Waals surface area contributed by atoms with Gasteiger partial charge >= 0.3 is 0 Å². The molecule has 1 aliphatic heterocycles. The van der Waals surface area contributed by atoms with Gasteiger partial charge in [-0.3, -0.25) is 14.9 Å². The third-order valence-corrected chi connectivity index (χ3v) is 5.23. The van der Waals surface area contributed by atoms with E-state index in [9.17, 15) is 9.59 Å². The van der Waals surface area contributed by atoms with Crippen LogP contribution in [0.1, 0.15) is 34.6 Å². The molecule has 7 nitrogen and oxygen atoms in total. The zero-order chi connectivity index (χ0) is 20.2. The van der Waals surface area contributed by atoms with Crippen LogP contribution in [0.15, 0.2) is 53.9 Å². The van der Waals surface area contributed by atoms with E-state index in [2.05, 4.69) is 15.6 Å². The number of carbonyl (C=O) groups is 2. The third-order valence-electron chi connectivity index (χ3n) is 4.42. The Balaban J connectivity index is 1.32. The molecular formula is C21H19N3O4S. The first-order valence-corrected chi connectivity index (χ1v) is 9.96. The second kappa shape index (κ2) is 8.32. The van der Waals surface area contributed by atoms with E-state index in [0.717, 1.165) is 5.56 Å². The predicted octanol–water partition coefficient (Wildman–Crippen LogP) is 3.54. The maximum Gasteiger partial charge on any atom is 0.257 e. The summed E-state index contributed by atoms with van der Waals surface area (Å²) < 4.78 is 10.7. The van der Waals surface area contributed by atoms with Crippen molar-refractivity contribution in [3.63, 3.8) is 0 Å². The molecule has 0 saturated carbocycles. The highest BCUT2D eigenvalue weighted by atomic mass is 32.1. The van der Waals surface area contributed by atoms with Gasteiger partial charge in [-0.05, 0) is 36.8 Å². The summed E-state index contributed by atoms with van der Waals surface area (Å²) >= 11 is 1.29. The summed E-state index contributed by atoms with van der Waals surface area (Å²) in [6.45, 7) is 2.12. The Bertz CT molecular complexity index is 1040. The number of amides is 2. The fourth-order valence-corrected chi connectivity index (χ4v) is 3.63. The fraction of sp³-hybridized carbons (Fsp3) is 0.190. The SMILES string of the molecule is C[C@@H](NC(=O)Cc1csc(NC(=O)c2ccccc2)n1)c1ccc2c(c1)OCO2. The summed E-state index contributed by atoms with van der Waals surface area (Å²) in [5, 5.41) is 7.94. The molecule has 2 N–H and O–H groups in total. The van der Waals surface area contributed by atoms with Crippen molar-refractivity contribution in [2.24, 2.45) is 0 Å². The van der Waals surface area contributed by atoms with Crippen molar-refractivity contribution in [3.8, 4) is 11.5 Å². The molecule has 1 aromatic heterocycles. The van der Waals surface area contributed by atoms with E-state index in [-0.39, 0.29) is 31.1 Å². The summed E-state index contributed by atoms with van der Waals surface area (Å²) in [6.07, 6.45) is 0.132. The first kappa shape index (κ1) is 18.9. The van der Waals surface area contributed by atoms with Crippen LogP contribution in [0, 0.1) is 0 Å². The van der Waals surface area contributed by atoms with Gasteiger partial charge in [0, 0.05) is 10.9 Å². The number of rotatable bonds is 6. The average molecular weight is 409 g/mol. The average Bonchev–Trinajstić information content (AvgIpc) is 3.37. The molecule has 29 heavy (non-hydrogen) atoms. The third kappa shape index (κ3) is 4.55. The van der Waals surface area contributed by atoms with E-state index in [4.69, 9.17) is 9.47 Å². The molecule has 0 spiro atoms. The largest absolute Gasteiger partial charge is 0.454 e. The number of hydrogen-bond acceptors (Lipinski definition) is 6. The van der Waals surface area contributed by atoms with Crippen LogP contribution < -0.4 is 20.1 Å². The van der Waals surface area contributed by atoms with E-state index in [1.165, 1.54) is 11.3 Å². The standard InChI is InChI=1S/C21H19N3O4S/c1-13(15-7-8-17-18(9-15)28-12-27-17)22-19(25)10-16-11-29-21(23-16)24-20(26)14-5-3-2-4-6-14/h2-9,11,13H,10,12H2,1H3,(H,22,25)(H,23,24,26)/t13-/m1/s1. The number of ether oxygens (including phenoxy) is 2.